The monoisotopic (exact) mass is 409 g/mol. The first-order valence-corrected chi connectivity index (χ1v) is 10.2. The molecule has 2 amide bonds. The molecule has 1 saturated carbocycles. The van der Waals surface area contributed by atoms with Gasteiger partial charge in [-0.2, -0.15) is 13.2 Å². The van der Waals surface area contributed by atoms with Crippen LogP contribution < -0.4 is 0 Å². The van der Waals surface area contributed by atoms with Crippen molar-refractivity contribution in [1.29, 1.82) is 0 Å². The van der Waals surface area contributed by atoms with Gasteiger partial charge in [-0.1, -0.05) is 18.2 Å². The second-order valence-electron chi connectivity index (χ2n) is 8.48. The standard InChI is InChI=1S/C21H26F3N3O2/c1-25-7-9-26(10-8-25)20(29)18-13-27(19(28)14-5-6-14)12-17(18)15-3-2-4-16(11-15)21(22,23)24/h2-4,11,14,17-18H,5-10,12-13H2,1H3/t17-,18+/m0/s1. The van der Waals surface area contributed by atoms with Crippen LogP contribution in [0.1, 0.15) is 29.9 Å². The van der Waals surface area contributed by atoms with Crippen molar-refractivity contribution in [1.82, 2.24) is 14.7 Å². The SMILES string of the molecule is CN1CCN(C(=O)[C@@H]2CN(C(=O)C3CC3)C[C@H]2c2cccc(C(F)(F)F)c2)CC1. The van der Waals surface area contributed by atoms with E-state index < -0.39 is 23.6 Å². The van der Waals surface area contributed by atoms with Crippen LogP contribution in [-0.2, 0) is 15.8 Å². The Bertz CT molecular complexity index is 786. The number of nitrogens with zero attached hydrogens (tertiary/aromatic N) is 3. The van der Waals surface area contributed by atoms with Gasteiger partial charge in [0.25, 0.3) is 0 Å². The Morgan fingerprint density at radius 3 is 2.28 bits per heavy atom. The van der Waals surface area contributed by atoms with E-state index in [4.69, 9.17) is 0 Å². The van der Waals surface area contributed by atoms with Crippen molar-refractivity contribution in [2.45, 2.75) is 24.9 Å². The largest absolute Gasteiger partial charge is 0.416 e. The fraction of sp³-hybridized carbons (Fsp3) is 0.619. The van der Waals surface area contributed by atoms with Gasteiger partial charge in [-0.15, -0.1) is 0 Å². The van der Waals surface area contributed by atoms with Gasteiger partial charge in [0.1, 0.15) is 0 Å². The fourth-order valence-electron chi connectivity index (χ4n) is 4.37. The highest BCUT2D eigenvalue weighted by Crippen LogP contribution is 2.40. The van der Waals surface area contributed by atoms with E-state index in [0.29, 0.717) is 31.7 Å². The summed E-state index contributed by atoms with van der Waals surface area (Å²) in [4.78, 5) is 31.5. The molecule has 0 N–H and O–H groups in total. The quantitative estimate of drug-likeness (QED) is 0.770. The Hall–Kier alpha value is -2.09. The minimum atomic E-state index is -4.44. The number of hydrogen-bond acceptors (Lipinski definition) is 3. The van der Waals surface area contributed by atoms with Crippen molar-refractivity contribution in [3.05, 3.63) is 35.4 Å². The number of alkyl halides is 3. The second kappa shape index (κ2) is 7.63. The van der Waals surface area contributed by atoms with Crippen LogP contribution in [0.15, 0.2) is 24.3 Å². The zero-order valence-corrected chi connectivity index (χ0v) is 16.5. The summed E-state index contributed by atoms with van der Waals surface area (Å²) in [5.41, 5.74) is -0.230. The number of amides is 2. The molecular formula is C21H26F3N3O2. The maximum absolute atomic E-state index is 13.3. The number of likely N-dealkylation sites (N-methyl/N-ethyl adjacent to an activating group) is 1. The van der Waals surface area contributed by atoms with Crippen molar-refractivity contribution in [3.63, 3.8) is 0 Å². The first kappa shape index (κ1) is 20.2. The van der Waals surface area contributed by atoms with Crippen LogP contribution in [0.3, 0.4) is 0 Å². The van der Waals surface area contributed by atoms with Crippen LogP contribution in [0.4, 0.5) is 13.2 Å². The van der Waals surface area contributed by atoms with Gasteiger partial charge in [0.15, 0.2) is 0 Å². The van der Waals surface area contributed by atoms with Gasteiger partial charge in [0.2, 0.25) is 11.8 Å². The zero-order valence-electron chi connectivity index (χ0n) is 16.5. The Balaban J connectivity index is 1.59. The molecule has 0 bridgehead atoms. The lowest BCUT2D eigenvalue weighted by Gasteiger charge is -2.35. The number of carbonyl (C=O) groups excluding carboxylic acids is 2. The average Bonchev–Trinajstić information content (AvgIpc) is 3.45. The highest BCUT2D eigenvalue weighted by molar-refractivity contribution is 5.85. The van der Waals surface area contributed by atoms with Gasteiger partial charge in [-0.05, 0) is 31.5 Å². The van der Waals surface area contributed by atoms with Crippen molar-refractivity contribution >= 4 is 11.8 Å². The molecule has 2 aliphatic heterocycles. The van der Waals surface area contributed by atoms with Crippen LogP contribution in [-0.4, -0.2) is 72.8 Å². The van der Waals surface area contributed by atoms with Crippen LogP contribution in [0.25, 0.3) is 0 Å². The number of carbonyl (C=O) groups is 2. The molecule has 1 aromatic rings. The number of hydrogen-bond donors (Lipinski definition) is 0. The van der Waals surface area contributed by atoms with Crippen molar-refractivity contribution in [2.24, 2.45) is 11.8 Å². The van der Waals surface area contributed by atoms with Crippen LogP contribution >= 0.6 is 0 Å². The van der Waals surface area contributed by atoms with E-state index in [-0.39, 0.29) is 17.7 Å². The van der Waals surface area contributed by atoms with Gasteiger partial charge >= 0.3 is 6.18 Å². The van der Waals surface area contributed by atoms with E-state index in [1.807, 2.05) is 7.05 Å². The third kappa shape index (κ3) is 4.27. The molecule has 2 atom stereocenters. The highest BCUT2D eigenvalue weighted by Gasteiger charge is 2.45. The molecule has 1 aliphatic carbocycles. The maximum Gasteiger partial charge on any atom is 0.416 e. The third-order valence-electron chi connectivity index (χ3n) is 6.33. The molecule has 4 rings (SSSR count). The van der Waals surface area contributed by atoms with Crippen LogP contribution in [0.5, 0.6) is 0 Å². The average molecular weight is 409 g/mol. The minimum Gasteiger partial charge on any atom is -0.341 e. The highest BCUT2D eigenvalue weighted by atomic mass is 19.4. The molecular weight excluding hydrogens is 383 g/mol. The predicted octanol–water partition coefficient (Wildman–Crippen LogP) is 2.43. The molecule has 0 unspecified atom stereocenters. The second-order valence-corrected chi connectivity index (χ2v) is 8.48. The predicted molar refractivity (Wildman–Crippen MR) is 101 cm³/mol. The Labute approximate surface area is 168 Å². The summed E-state index contributed by atoms with van der Waals surface area (Å²) < 4.78 is 39.6. The number of benzene rings is 1. The molecule has 5 nitrogen and oxygen atoms in total. The Morgan fingerprint density at radius 2 is 1.66 bits per heavy atom. The molecule has 3 aliphatic rings. The summed E-state index contributed by atoms with van der Waals surface area (Å²) in [6.45, 7) is 3.37. The topological polar surface area (TPSA) is 43.9 Å². The van der Waals surface area contributed by atoms with Crippen molar-refractivity contribution in [2.75, 3.05) is 46.3 Å². The first-order chi connectivity index (χ1) is 13.7. The van der Waals surface area contributed by atoms with E-state index in [2.05, 4.69) is 4.90 Å². The molecule has 2 saturated heterocycles. The lowest BCUT2D eigenvalue weighted by Crippen LogP contribution is -2.50. The minimum absolute atomic E-state index is 0.0228. The van der Waals surface area contributed by atoms with Gasteiger partial charge in [0.05, 0.1) is 11.5 Å². The van der Waals surface area contributed by atoms with E-state index >= 15 is 0 Å². The number of halogens is 3. The van der Waals surface area contributed by atoms with Gasteiger partial charge in [-0.3, -0.25) is 9.59 Å². The first-order valence-electron chi connectivity index (χ1n) is 10.2. The Morgan fingerprint density at radius 1 is 0.966 bits per heavy atom. The summed E-state index contributed by atoms with van der Waals surface area (Å²) >= 11 is 0. The summed E-state index contributed by atoms with van der Waals surface area (Å²) in [6, 6.07) is 5.22. The lowest BCUT2D eigenvalue weighted by molar-refractivity contribution is -0.138. The molecule has 158 valence electrons. The number of piperazine rings is 1. The molecule has 1 aromatic carbocycles. The summed E-state index contributed by atoms with van der Waals surface area (Å²) in [6.07, 6.45) is -2.71. The molecule has 0 aromatic heterocycles. The lowest BCUT2D eigenvalue weighted by atomic mass is 9.87. The van der Waals surface area contributed by atoms with Gasteiger partial charge in [-0.25, -0.2) is 0 Å². The zero-order chi connectivity index (χ0) is 20.8. The van der Waals surface area contributed by atoms with Crippen molar-refractivity contribution in [3.8, 4) is 0 Å². The summed E-state index contributed by atoms with van der Waals surface area (Å²) in [5, 5.41) is 0. The van der Waals surface area contributed by atoms with Crippen LogP contribution in [0.2, 0.25) is 0 Å². The van der Waals surface area contributed by atoms with E-state index in [9.17, 15) is 22.8 Å². The van der Waals surface area contributed by atoms with E-state index in [0.717, 1.165) is 38.1 Å². The third-order valence-corrected chi connectivity index (χ3v) is 6.33. The van der Waals surface area contributed by atoms with Gasteiger partial charge < -0.3 is 14.7 Å². The molecule has 2 heterocycles. The van der Waals surface area contributed by atoms with E-state index in [1.165, 1.54) is 6.07 Å². The smallest absolute Gasteiger partial charge is 0.341 e. The molecule has 0 radical (unpaired) electrons. The Kier molecular flexibility index (Phi) is 5.31. The normalized spacial score (nSPS) is 26.1. The van der Waals surface area contributed by atoms with Crippen LogP contribution in [0, 0.1) is 11.8 Å². The van der Waals surface area contributed by atoms with Gasteiger partial charge in [0, 0.05) is 51.1 Å². The molecule has 3 fully saturated rings. The maximum atomic E-state index is 13.3. The number of rotatable bonds is 3. The summed E-state index contributed by atoms with van der Waals surface area (Å²) in [7, 11) is 2.00. The molecule has 29 heavy (non-hydrogen) atoms. The fourth-order valence-corrected chi connectivity index (χ4v) is 4.37. The molecule has 8 heteroatoms. The van der Waals surface area contributed by atoms with Crippen molar-refractivity contribution < 1.29 is 22.8 Å². The number of likely N-dealkylation sites (tertiary alicyclic amines) is 1. The van der Waals surface area contributed by atoms with E-state index in [1.54, 1.807) is 15.9 Å². The molecule has 0 spiro atoms. The summed E-state index contributed by atoms with van der Waals surface area (Å²) in [5.74, 6) is -0.895.